The first-order valence-corrected chi connectivity index (χ1v) is 7.14. The molecule has 0 unspecified atom stereocenters. The van der Waals surface area contributed by atoms with E-state index in [0.717, 1.165) is 25.9 Å². The number of rotatable bonds is 1. The molecule has 1 aliphatic rings. The molecule has 0 aromatic rings. The van der Waals surface area contributed by atoms with Crippen LogP contribution in [-0.4, -0.2) is 37.0 Å². The molecule has 0 aromatic carbocycles. The Kier molecular flexibility index (Phi) is 22.7. The first-order chi connectivity index (χ1) is 8.18. The van der Waals surface area contributed by atoms with E-state index in [-0.39, 0.29) is 5.91 Å². The van der Waals surface area contributed by atoms with Gasteiger partial charge in [0, 0.05) is 13.0 Å². The molecule has 0 atom stereocenters. The van der Waals surface area contributed by atoms with E-state index in [2.05, 4.69) is 17.3 Å². The van der Waals surface area contributed by atoms with Crippen LogP contribution in [0, 0.1) is 0 Å². The van der Waals surface area contributed by atoms with Gasteiger partial charge in [0.25, 0.3) is 0 Å². The van der Waals surface area contributed by atoms with Crippen molar-refractivity contribution in [3.05, 3.63) is 0 Å². The van der Waals surface area contributed by atoms with Gasteiger partial charge >= 0.3 is 0 Å². The Labute approximate surface area is 109 Å². The van der Waals surface area contributed by atoms with E-state index in [9.17, 15) is 4.79 Å². The number of carbonyl (C=O) groups excluding carboxylic acids is 1. The lowest BCUT2D eigenvalue weighted by Crippen LogP contribution is -2.42. The minimum absolute atomic E-state index is 0.0968. The van der Waals surface area contributed by atoms with Crippen molar-refractivity contribution in [2.24, 2.45) is 0 Å². The molecule has 1 saturated heterocycles. The van der Waals surface area contributed by atoms with Crippen LogP contribution in [0.15, 0.2) is 0 Å². The number of carbonyl (C=O) groups is 1. The summed E-state index contributed by atoms with van der Waals surface area (Å²) >= 11 is 0. The van der Waals surface area contributed by atoms with Crippen molar-refractivity contribution in [1.82, 2.24) is 10.2 Å². The third-order valence-corrected chi connectivity index (χ3v) is 2.13. The molecule has 0 bridgehead atoms. The van der Waals surface area contributed by atoms with E-state index < -0.39 is 0 Å². The minimum Gasteiger partial charge on any atom is -0.354 e. The summed E-state index contributed by atoms with van der Waals surface area (Å²) in [6.45, 7) is 15.8. The van der Waals surface area contributed by atoms with E-state index in [1.807, 2.05) is 41.5 Å². The summed E-state index contributed by atoms with van der Waals surface area (Å²) in [6, 6.07) is 0.420. The number of nitrogens with one attached hydrogen (secondary N) is 1. The van der Waals surface area contributed by atoms with Crippen molar-refractivity contribution in [3.8, 4) is 0 Å². The zero-order valence-corrected chi connectivity index (χ0v) is 13.3. The average molecular weight is 246 g/mol. The molecule has 0 saturated carbocycles. The Bertz CT molecular complexity index is 141. The van der Waals surface area contributed by atoms with E-state index in [1.54, 1.807) is 6.92 Å². The van der Waals surface area contributed by atoms with E-state index in [1.165, 1.54) is 0 Å². The second kappa shape index (κ2) is 17.8. The number of likely N-dealkylation sites (tertiary alicyclic amines) is 1. The van der Waals surface area contributed by atoms with Crippen LogP contribution in [0.2, 0.25) is 0 Å². The normalized spacial score (nSPS) is 15.1. The molecular weight excluding hydrogens is 212 g/mol. The van der Waals surface area contributed by atoms with Gasteiger partial charge < -0.3 is 10.2 Å². The third kappa shape index (κ3) is 15.4. The third-order valence-electron chi connectivity index (χ3n) is 2.13. The second-order valence-corrected chi connectivity index (χ2v) is 3.28. The largest absolute Gasteiger partial charge is 0.354 e. The maximum atomic E-state index is 10.7. The smallest absolute Gasteiger partial charge is 0.217 e. The highest BCUT2D eigenvalue weighted by molar-refractivity contribution is 5.73. The minimum atomic E-state index is 0.0968. The van der Waals surface area contributed by atoms with Crippen LogP contribution in [0.3, 0.4) is 0 Å². The molecule has 1 heterocycles. The number of hydrogen-bond donors (Lipinski definition) is 1. The topological polar surface area (TPSA) is 32.3 Å². The van der Waals surface area contributed by atoms with Crippen molar-refractivity contribution in [2.45, 2.75) is 67.3 Å². The van der Waals surface area contributed by atoms with Gasteiger partial charge in [0.05, 0.1) is 0 Å². The fourth-order valence-corrected chi connectivity index (χ4v) is 1.44. The summed E-state index contributed by atoms with van der Waals surface area (Å²) in [5.74, 6) is 0.0968. The number of hydrogen-bond acceptors (Lipinski definition) is 2. The number of nitrogens with zero attached hydrogens (tertiary/aromatic N) is 1. The van der Waals surface area contributed by atoms with E-state index in [4.69, 9.17) is 0 Å². The Morgan fingerprint density at radius 3 is 1.65 bits per heavy atom. The lowest BCUT2D eigenvalue weighted by molar-refractivity contribution is -0.119. The van der Waals surface area contributed by atoms with E-state index in [0.29, 0.717) is 6.04 Å². The lowest BCUT2D eigenvalue weighted by Gasteiger charge is -2.29. The summed E-state index contributed by atoms with van der Waals surface area (Å²) < 4.78 is 0. The van der Waals surface area contributed by atoms with Gasteiger partial charge in [0.1, 0.15) is 0 Å². The van der Waals surface area contributed by atoms with Crippen LogP contribution >= 0.6 is 0 Å². The SMILES string of the molecule is CC.CC.CC.CC(=O)NC1CCN(C)CC1. The predicted molar refractivity (Wildman–Crippen MR) is 78.4 cm³/mol. The highest BCUT2D eigenvalue weighted by atomic mass is 16.1. The van der Waals surface area contributed by atoms with Crippen molar-refractivity contribution in [1.29, 1.82) is 0 Å². The predicted octanol–water partition coefficient (Wildman–Crippen LogP) is 3.30. The van der Waals surface area contributed by atoms with Gasteiger partial charge in [0.2, 0.25) is 5.91 Å². The number of amides is 1. The van der Waals surface area contributed by atoms with Crippen LogP contribution < -0.4 is 5.32 Å². The molecule has 0 radical (unpaired) electrons. The Morgan fingerprint density at radius 2 is 1.35 bits per heavy atom. The van der Waals surface area contributed by atoms with Gasteiger partial charge in [-0.25, -0.2) is 0 Å². The van der Waals surface area contributed by atoms with E-state index >= 15 is 0 Å². The van der Waals surface area contributed by atoms with Gasteiger partial charge in [-0.3, -0.25) is 4.79 Å². The molecule has 3 nitrogen and oxygen atoms in total. The summed E-state index contributed by atoms with van der Waals surface area (Å²) in [4.78, 5) is 13.0. The van der Waals surface area contributed by atoms with Gasteiger partial charge in [-0.1, -0.05) is 41.5 Å². The van der Waals surface area contributed by atoms with Crippen molar-refractivity contribution in [2.75, 3.05) is 20.1 Å². The van der Waals surface area contributed by atoms with Crippen molar-refractivity contribution < 1.29 is 4.79 Å². The standard InChI is InChI=1S/C8H16N2O.3C2H6/c1-7(11)9-8-3-5-10(2)6-4-8;3*1-2/h8H,3-6H2,1-2H3,(H,9,11);3*1-2H3. The zero-order valence-electron chi connectivity index (χ0n) is 13.3. The maximum absolute atomic E-state index is 10.7. The summed E-state index contributed by atoms with van der Waals surface area (Å²) in [5, 5.41) is 2.94. The van der Waals surface area contributed by atoms with Gasteiger partial charge in [-0.05, 0) is 33.0 Å². The molecule has 1 amide bonds. The maximum Gasteiger partial charge on any atom is 0.217 e. The van der Waals surface area contributed by atoms with Crippen LogP contribution in [-0.2, 0) is 4.79 Å². The monoisotopic (exact) mass is 246 g/mol. The second-order valence-electron chi connectivity index (χ2n) is 3.28. The molecule has 1 rings (SSSR count). The highest BCUT2D eigenvalue weighted by Crippen LogP contribution is 2.07. The van der Waals surface area contributed by atoms with Crippen molar-refractivity contribution >= 4 is 5.91 Å². The average Bonchev–Trinajstić information content (AvgIpc) is 2.39. The Morgan fingerprint density at radius 1 is 1.00 bits per heavy atom. The van der Waals surface area contributed by atoms with Crippen LogP contribution in [0.1, 0.15) is 61.3 Å². The van der Waals surface area contributed by atoms with Gasteiger partial charge in [-0.2, -0.15) is 0 Å². The summed E-state index contributed by atoms with van der Waals surface area (Å²) in [5.41, 5.74) is 0. The number of piperidine rings is 1. The molecule has 3 heteroatoms. The molecular formula is C14H34N2O. The molecule has 0 aliphatic carbocycles. The Hall–Kier alpha value is -0.570. The van der Waals surface area contributed by atoms with Crippen LogP contribution in [0.25, 0.3) is 0 Å². The first-order valence-electron chi connectivity index (χ1n) is 7.14. The fraction of sp³-hybridized carbons (Fsp3) is 0.929. The van der Waals surface area contributed by atoms with Crippen LogP contribution in [0.4, 0.5) is 0 Å². The van der Waals surface area contributed by atoms with Crippen molar-refractivity contribution in [3.63, 3.8) is 0 Å². The molecule has 17 heavy (non-hydrogen) atoms. The fourth-order valence-electron chi connectivity index (χ4n) is 1.44. The van der Waals surface area contributed by atoms with Crippen LogP contribution in [0.5, 0.6) is 0 Å². The molecule has 1 aliphatic heterocycles. The first kappa shape index (κ1) is 21.7. The highest BCUT2D eigenvalue weighted by Gasteiger charge is 2.16. The summed E-state index contributed by atoms with van der Waals surface area (Å²) in [6.07, 6.45) is 2.19. The molecule has 1 fully saturated rings. The van der Waals surface area contributed by atoms with Gasteiger partial charge in [0.15, 0.2) is 0 Å². The molecule has 1 N–H and O–H groups in total. The van der Waals surface area contributed by atoms with Gasteiger partial charge in [-0.15, -0.1) is 0 Å². The Balaban J connectivity index is -0.000000285. The molecule has 0 spiro atoms. The molecule has 106 valence electrons. The zero-order chi connectivity index (χ0) is 14.3. The quantitative estimate of drug-likeness (QED) is 0.770. The molecule has 0 aromatic heterocycles. The lowest BCUT2D eigenvalue weighted by atomic mass is 10.1. The summed E-state index contributed by atoms with van der Waals surface area (Å²) in [7, 11) is 2.12.